The van der Waals surface area contributed by atoms with Gasteiger partial charge in [0, 0.05) is 37.4 Å². The first-order chi connectivity index (χ1) is 16.0. The van der Waals surface area contributed by atoms with Crippen molar-refractivity contribution < 1.29 is 9.31 Å². The summed E-state index contributed by atoms with van der Waals surface area (Å²) >= 11 is 0. The molecule has 0 spiro atoms. The maximum Gasteiger partial charge on any atom is 0.353 e. The number of hydrogen-bond acceptors (Lipinski definition) is 7. The first kappa shape index (κ1) is 20.6. The standard InChI is InChI=1S/C24H29FN6O2/c25-19-1-3-20(4-2-19)29-5-7-30(8-6-29)23-21(31(32)33)22(26-15-27-23)28-24-12-16-9-17(13-24)11-18(10-16)14-24/h1-4,15-18H,5-14H2,(H,26,27,28). The van der Waals surface area contributed by atoms with Crippen molar-refractivity contribution in [1.29, 1.82) is 0 Å². The summed E-state index contributed by atoms with van der Waals surface area (Å²) in [6.07, 6.45) is 8.67. The second kappa shape index (κ2) is 7.81. The highest BCUT2D eigenvalue weighted by Crippen LogP contribution is 2.57. The number of benzene rings is 1. The summed E-state index contributed by atoms with van der Waals surface area (Å²) < 4.78 is 13.3. The minimum atomic E-state index is -0.329. The molecule has 5 aliphatic rings. The van der Waals surface area contributed by atoms with Crippen molar-refractivity contribution in [3.05, 3.63) is 46.5 Å². The Morgan fingerprint density at radius 3 is 2.09 bits per heavy atom. The summed E-state index contributed by atoms with van der Waals surface area (Å²) in [6, 6.07) is 6.45. The van der Waals surface area contributed by atoms with E-state index in [0.717, 1.165) is 42.7 Å². The lowest BCUT2D eigenvalue weighted by Gasteiger charge is -2.57. The van der Waals surface area contributed by atoms with Crippen molar-refractivity contribution in [2.45, 2.75) is 44.1 Å². The van der Waals surface area contributed by atoms with E-state index in [1.54, 1.807) is 12.1 Å². The number of aromatic nitrogens is 2. The highest BCUT2D eigenvalue weighted by Gasteiger charge is 2.51. The van der Waals surface area contributed by atoms with Gasteiger partial charge in [-0.2, -0.15) is 0 Å². The smallest absolute Gasteiger partial charge is 0.353 e. The van der Waals surface area contributed by atoms with E-state index in [1.807, 2.05) is 4.90 Å². The molecule has 4 saturated carbocycles. The normalized spacial score (nSPS) is 30.5. The van der Waals surface area contributed by atoms with E-state index < -0.39 is 0 Å². The Balaban J connectivity index is 1.23. The number of nitrogens with one attached hydrogen (secondary N) is 1. The molecule has 2 heterocycles. The SMILES string of the molecule is O=[N+]([O-])c1c(NC23CC4CC(CC(C4)C2)C3)ncnc1N1CCN(c2ccc(F)cc2)CC1. The Labute approximate surface area is 192 Å². The number of halogens is 1. The van der Waals surface area contributed by atoms with Crippen LogP contribution in [0, 0.1) is 33.7 Å². The molecule has 5 fully saturated rings. The van der Waals surface area contributed by atoms with Crippen LogP contribution in [0.1, 0.15) is 38.5 Å². The maximum absolute atomic E-state index is 13.3. The number of piperazine rings is 1. The molecule has 1 aliphatic heterocycles. The van der Waals surface area contributed by atoms with Crippen LogP contribution in [0.2, 0.25) is 0 Å². The molecule has 7 rings (SSSR count). The molecular formula is C24H29FN6O2. The summed E-state index contributed by atoms with van der Waals surface area (Å²) in [5, 5.41) is 15.8. The number of nitrogens with zero attached hydrogens (tertiary/aromatic N) is 5. The third-order valence-corrected chi connectivity index (χ3v) is 8.18. The van der Waals surface area contributed by atoms with E-state index in [4.69, 9.17) is 0 Å². The lowest BCUT2D eigenvalue weighted by atomic mass is 9.53. The van der Waals surface area contributed by atoms with Gasteiger partial charge in [-0.1, -0.05) is 0 Å². The number of hydrogen-bond donors (Lipinski definition) is 1. The van der Waals surface area contributed by atoms with Crippen LogP contribution >= 0.6 is 0 Å². The third kappa shape index (κ3) is 3.77. The minimum absolute atomic E-state index is 0.0107. The molecule has 174 valence electrons. The molecule has 1 saturated heterocycles. The average molecular weight is 453 g/mol. The number of anilines is 3. The first-order valence-corrected chi connectivity index (χ1v) is 12.0. The predicted molar refractivity (Wildman–Crippen MR) is 124 cm³/mol. The van der Waals surface area contributed by atoms with Gasteiger partial charge in [0.25, 0.3) is 0 Å². The quantitative estimate of drug-likeness (QED) is 0.536. The third-order valence-electron chi connectivity index (χ3n) is 8.18. The minimum Gasteiger partial charge on any atom is -0.368 e. The van der Waals surface area contributed by atoms with E-state index >= 15 is 0 Å². The summed E-state index contributed by atoms with van der Waals surface area (Å²) in [5.74, 6) is 2.72. The molecule has 9 heteroatoms. The van der Waals surface area contributed by atoms with Gasteiger partial charge in [-0.25, -0.2) is 14.4 Å². The number of nitro groups is 1. The van der Waals surface area contributed by atoms with E-state index in [-0.39, 0.29) is 22.0 Å². The van der Waals surface area contributed by atoms with Crippen LogP contribution in [0.3, 0.4) is 0 Å². The van der Waals surface area contributed by atoms with Crippen molar-refractivity contribution in [2.75, 3.05) is 41.3 Å². The van der Waals surface area contributed by atoms with E-state index in [9.17, 15) is 14.5 Å². The second-order valence-electron chi connectivity index (χ2n) is 10.4. The van der Waals surface area contributed by atoms with Crippen molar-refractivity contribution in [2.24, 2.45) is 17.8 Å². The average Bonchev–Trinajstić information content (AvgIpc) is 2.78. The lowest BCUT2D eigenvalue weighted by Crippen LogP contribution is -2.55. The van der Waals surface area contributed by atoms with E-state index in [0.29, 0.717) is 37.8 Å². The fourth-order valence-corrected chi connectivity index (χ4v) is 7.20. The monoisotopic (exact) mass is 452 g/mol. The van der Waals surface area contributed by atoms with Crippen molar-refractivity contribution in [1.82, 2.24) is 9.97 Å². The highest BCUT2D eigenvalue weighted by atomic mass is 19.1. The molecule has 1 aromatic heterocycles. The van der Waals surface area contributed by atoms with Gasteiger partial charge in [0.15, 0.2) is 0 Å². The van der Waals surface area contributed by atoms with E-state index in [1.165, 1.54) is 37.7 Å². The highest BCUT2D eigenvalue weighted by molar-refractivity contribution is 5.71. The van der Waals surface area contributed by atoms with Gasteiger partial charge >= 0.3 is 5.69 Å². The number of rotatable bonds is 5. The Hall–Kier alpha value is -2.97. The molecular weight excluding hydrogens is 423 g/mol. The van der Waals surface area contributed by atoms with Crippen LogP contribution < -0.4 is 15.1 Å². The fourth-order valence-electron chi connectivity index (χ4n) is 7.20. The van der Waals surface area contributed by atoms with Crippen LogP contribution in [0.5, 0.6) is 0 Å². The van der Waals surface area contributed by atoms with Crippen molar-refractivity contribution in [3.63, 3.8) is 0 Å². The Bertz CT molecular complexity index is 1020. The largest absolute Gasteiger partial charge is 0.368 e. The van der Waals surface area contributed by atoms with Crippen LogP contribution in [-0.4, -0.2) is 46.6 Å². The molecule has 33 heavy (non-hydrogen) atoms. The van der Waals surface area contributed by atoms with Gasteiger partial charge in [0.2, 0.25) is 11.6 Å². The summed E-state index contributed by atoms with van der Waals surface area (Å²) in [6.45, 7) is 2.58. The Morgan fingerprint density at radius 2 is 1.52 bits per heavy atom. The van der Waals surface area contributed by atoms with Crippen LogP contribution in [0.25, 0.3) is 0 Å². The predicted octanol–water partition coefficient (Wildman–Crippen LogP) is 4.23. The Morgan fingerprint density at radius 1 is 0.939 bits per heavy atom. The van der Waals surface area contributed by atoms with Gasteiger partial charge < -0.3 is 15.1 Å². The molecule has 0 amide bonds. The first-order valence-electron chi connectivity index (χ1n) is 12.0. The lowest BCUT2D eigenvalue weighted by molar-refractivity contribution is -0.383. The maximum atomic E-state index is 13.3. The van der Waals surface area contributed by atoms with E-state index in [2.05, 4.69) is 20.2 Å². The zero-order chi connectivity index (χ0) is 22.6. The zero-order valence-corrected chi connectivity index (χ0v) is 18.6. The zero-order valence-electron chi connectivity index (χ0n) is 18.6. The van der Waals surface area contributed by atoms with Gasteiger partial charge in [-0.15, -0.1) is 0 Å². The molecule has 0 unspecified atom stereocenters. The van der Waals surface area contributed by atoms with Crippen LogP contribution in [0.4, 0.5) is 27.4 Å². The molecule has 4 bridgehead atoms. The molecule has 0 atom stereocenters. The molecule has 8 nitrogen and oxygen atoms in total. The van der Waals surface area contributed by atoms with Crippen LogP contribution in [0.15, 0.2) is 30.6 Å². The molecule has 2 aromatic rings. The summed E-state index contributed by atoms with van der Waals surface area (Å²) in [7, 11) is 0. The van der Waals surface area contributed by atoms with Crippen molar-refractivity contribution >= 4 is 23.0 Å². The van der Waals surface area contributed by atoms with Gasteiger partial charge in [-0.3, -0.25) is 10.1 Å². The topological polar surface area (TPSA) is 87.4 Å². The van der Waals surface area contributed by atoms with Crippen molar-refractivity contribution in [3.8, 4) is 0 Å². The molecule has 4 aliphatic carbocycles. The fraction of sp³-hybridized carbons (Fsp3) is 0.583. The van der Waals surface area contributed by atoms with Crippen LogP contribution in [-0.2, 0) is 0 Å². The Kier molecular flexibility index (Phi) is 4.88. The summed E-state index contributed by atoms with van der Waals surface area (Å²) in [4.78, 5) is 24.7. The molecule has 0 radical (unpaired) electrons. The van der Waals surface area contributed by atoms with Gasteiger partial charge in [0.05, 0.1) is 4.92 Å². The molecule has 1 aromatic carbocycles. The summed E-state index contributed by atoms with van der Waals surface area (Å²) in [5.41, 5.74) is 0.882. The van der Waals surface area contributed by atoms with Gasteiger partial charge in [-0.05, 0) is 80.5 Å². The molecule has 1 N–H and O–H groups in total. The second-order valence-corrected chi connectivity index (χ2v) is 10.4. The van der Waals surface area contributed by atoms with Gasteiger partial charge in [0.1, 0.15) is 12.1 Å².